The van der Waals surface area contributed by atoms with Crippen molar-refractivity contribution in [2.75, 3.05) is 13.7 Å². The van der Waals surface area contributed by atoms with E-state index in [1.165, 1.54) is 31.4 Å². The fourth-order valence-corrected chi connectivity index (χ4v) is 2.42. The number of aldehydes is 1. The molecule has 3 unspecified atom stereocenters. The topological polar surface area (TPSA) is 183 Å². The summed E-state index contributed by atoms with van der Waals surface area (Å²) in [5, 5.41) is 17.1. The number of amidine groups is 1. The van der Waals surface area contributed by atoms with Crippen molar-refractivity contribution in [1.82, 2.24) is 0 Å². The van der Waals surface area contributed by atoms with Gasteiger partial charge in [-0.3, -0.25) is 10.2 Å². The molecular weight excluding hydrogens is 352 g/mol. The van der Waals surface area contributed by atoms with Gasteiger partial charge in [0.15, 0.2) is 11.3 Å². The molecule has 0 bridgehead atoms. The molecular formula is C18H22N4O5. The molecule has 0 radical (unpaired) electrons. The van der Waals surface area contributed by atoms with Gasteiger partial charge < -0.3 is 31.8 Å². The Bertz CT molecular complexity index is 781. The van der Waals surface area contributed by atoms with E-state index in [1.807, 2.05) is 0 Å². The minimum Gasteiger partial charge on any atom is -0.479 e. The lowest BCUT2D eigenvalue weighted by atomic mass is 9.74. The first kappa shape index (κ1) is 22.0. The fourth-order valence-electron chi connectivity index (χ4n) is 2.42. The van der Waals surface area contributed by atoms with E-state index in [-0.39, 0.29) is 18.9 Å². The third-order valence-electron chi connectivity index (χ3n) is 3.92. The molecule has 0 saturated carbocycles. The first-order chi connectivity index (χ1) is 12.7. The summed E-state index contributed by atoms with van der Waals surface area (Å²) >= 11 is 0. The summed E-state index contributed by atoms with van der Waals surface area (Å²) < 4.78 is 4.84. The number of ether oxygens (including phenoxy) is 1. The summed E-state index contributed by atoms with van der Waals surface area (Å²) in [7, 11) is 1.41. The van der Waals surface area contributed by atoms with Gasteiger partial charge in [-0.1, -0.05) is 36.1 Å². The summed E-state index contributed by atoms with van der Waals surface area (Å²) in [5.74, 6) is 1.18. The number of hydrogen-bond donors (Lipinski definition) is 5. The van der Waals surface area contributed by atoms with Crippen LogP contribution >= 0.6 is 0 Å². The predicted octanol–water partition coefficient (Wildman–Crippen LogP) is -1.03. The fraction of sp³-hybridized carbons (Fsp3) is 0.333. The standard InChI is InChI=1S/C18H22N4O5/c1-27-10-2-3-13(11-4-6-12(7-5-11)16(20)21)18(22,17(25)26)15(24)14(19)8-9-23/h4-7,9,13-14H,8,10,19,22H2,1H3,(H3,20,21)(H,25,26). The normalized spacial score (nSPS) is 14.8. The summed E-state index contributed by atoms with van der Waals surface area (Å²) in [6.07, 6.45) is 0.0463. The van der Waals surface area contributed by atoms with Gasteiger partial charge in [0.25, 0.3) is 0 Å². The first-order valence-electron chi connectivity index (χ1n) is 7.87. The zero-order valence-corrected chi connectivity index (χ0v) is 14.8. The lowest BCUT2D eigenvalue weighted by Crippen LogP contribution is -2.63. The van der Waals surface area contributed by atoms with Gasteiger partial charge in [-0.25, -0.2) is 4.79 Å². The van der Waals surface area contributed by atoms with Crippen LogP contribution in [-0.4, -0.2) is 54.3 Å². The van der Waals surface area contributed by atoms with Gasteiger partial charge in [0.2, 0.25) is 0 Å². The van der Waals surface area contributed by atoms with Crippen molar-refractivity contribution in [3.63, 3.8) is 0 Å². The summed E-state index contributed by atoms with van der Waals surface area (Å²) in [6.45, 7) is -0.00763. The molecule has 1 aromatic carbocycles. The van der Waals surface area contributed by atoms with Crippen LogP contribution in [0.15, 0.2) is 24.3 Å². The third-order valence-corrected chi connectivity index (χ3v) is 3.92. The molecule has 0 saturated heterocycles. The third kappa shape index (κ3) is 4.98. The Labute approximate surface area is 156 Å². The molecule has 0 amide bonds. The number of nitrogen functional groups attached to an aromatic ring is 1. The second kappa shape index (κ2) is 9.59. The van der Waals surface area contributed by atoms with Crippen LogP contribution in [0.5, 0.6) is 0 Å². The van der Waals surface area contributed by atoms with Crippen molar-refractivity contribution >= 4 is 23.9 Å². The summed E-state index contributed by atoms with van der Waals surface area (Å²) in [5.41, 5.74) is 15.3. The number of hydrogen-bond acceptors (Lipinski definition) is 7. The highest BCUT2D eigenvalue weighted by atomic mass is 16.5. The van der Waals surface area contributed by atoms with Gasteiger partial charge in [0.1, 0.15) is 18.7 Å². The van der Waals surface area contributed by atoms with E-state index in [9.17, 15) is 19.5 Å². The monoisotopic (exact) mass is 374 g/mol. The van der Waals surface area contributed by atoms with E-state index < -0.39 is 29.3 Å². The number of ketones is 1. The molecule has 3 atom stereocenters. The van der Waals surface area contributed by atoms with Crippen LogP contribution in [0, 0.1) is 17.3 Å². The number of carbonyl (C=O) groups excluding carboxylic acids is 2. The van der Waals surface area contributed by atoms with E-state index in [2.05, 4.69) is 11.8 Å². The molecule has 0 fully saturated rings. The van der Waals surface area contributed by atoms with E-state index in [4.69, 9.17) is 27.3 Å². The molecule has 1 aromatic rings. The zero-order chi connectivity index (χ0) is 20.6. The number of rotatable bonds is 9. The Morgan fingerprint density at radius 2 is 1.96 bits per heavy atom. The second-order valence-electron chi connectivity index (χ2n) is 5.77. The molecule has 1 rings (SSSR count). The Kier molecular flexibility index (Phi) is 7.80. The molecule has 8 N–H and O–H groups in total. The van der Waals surface area contributed by atoms with Crippen LogP contribution in [-0.2, 0) is 19.1 Å². The van der Waals surface area contributed by atoms with Gasteiger partial charge in [0, 0.05) is 19.1 Å². The van der Waals surface area contributed by atoms with Crippen LogP contribution in [0.4, 0.5) is 0 Å². The maximum atomic E-state index is 12.7. The number of aliphatic carboxylic acids is 1. The van der Waals surface area contributed by atoms with Gasteiger partial charge in [-0.05, 0) is 5.56 Å². The molecule has 9 heteroatoms. The SMILES string of the molecule is COCC#CC(c1ccc(C(=N)N)cc1)C(N)(C(=O)O)C(=O)C(N)CC=O. The number of Topliss-reactive ketones (excluding diaryl/α,β-unsaturated/α-hetero) is 1. The first-order valence-corrected chi connectivity index (χ1v) is 7.87. The average molecular weight is 374 g/mol. The Morgan fingerprint density at radius 3 is 2.41 bits per heavy atom. The number of benzene rings is 1. The van der Waals surface area contributed by atoms with Crippen LogP contribution in [0.2, 0.25) is 0 Å². The van der Waals surface area contributed by atoms with Gasteiger partial charge in [-0.2, -0.15) is 0 Å². The molecule has 0 aromatic heterocycles. The molecule has 0 aliphatic carbocycles. The number of carboxylic acid groups (broad SMARTS) is 1. The maximum absolute atomic E-state index is 12.7. The quantitative estimate of drug-likeness (QED) is 0.119. The largest absolute Gasteiger partial charge is 0.479 e. The van der Waals surface area contributed by atoms with Gasteiger partial charge >= 0.3 is 5.97 Å². The molecule has 27 heavy (non-hydrogen) atoms. The Balaban J connectivity index is 3.51. The van der Waals surface area contributed by atoms with Crippen molar-refractivity contribution < 1.29 is 24.2 Å². The van der Waals surface area contributed by atoms with Gasteiger partial charge in [0.05, 0.1) is 12.0 Å². The molecule has 0 spiro atoms. The summed E-state index contributed by atoms with van der Waals surface area (Å²) in [4.78, 5) is 35.3. The van der Waals surface area contributed by atoms with Crippen molar-refractivity contribution in [3.8, 4) is 11.8 Å². The van der Waals surface area contributed by atoms with E-state index >= 15 is 0 Å². The minimum absolute atomic E-state index is 0.00763. The smallest absolute Gasteiger partial charge is 0.333 e. The second-order valence-corrected chi connectivity index (χ2v) is 5.77. The van der Waals surface area contributed by atoms with E-state index in [0.717, 1.165) is 0 Å². The van der Waals surface area contributed by atoms with E-state index in [0.29, 0.717) is 17.4 Å². The maximum Gasteiger partial charge on any atom is 0.333 e. The lowest BCUT2D eigenvalue weighted by molar-refractivity contribution is -0.149. The summed E-state index contributed by atoms with van der Waals surface area (Å²) in [6, 6.07) is 4.55. The van der Waals surface area contributed by atoms with Crippen molar-refractivity contribution in [1.29, 1.82) is 5.41 Å². The highest BCUT2D eigenvalue weighted by molar-refractivity contribution is 6.12. The van der Waals surface area contributed by atoms with Crippen LogP contribution in [0.1, 0.15) is 23.5 Å². The molecule has 0 aliphatic rings. The lowest BCUT2D eigenvalue weighted by Gasteiger charge is -2.31. The molecule has 144 valence electrons. The van der Waals surface area contributed by atoms with Crippen molar-refractivity contribution in [2.45, 2.75) is 23.9 Å². The number of carboxylic acids is 1. The van der Waals surface area contributed by atoms with Crippen LogP contribution in [0.25, 0.3) is 0 Å². The average Bonchev–Trinajstić information content (AvgIpc) is 2.64. The van der Waals surface area contributed by atoms with Gasteiger partial charge in [-0.15, -0.1) is 0 Å². The van der Waals surface area contributed by atoms with Crippen LogP contribution in [0.3, 0.4) is 0 Å². The molecule has 0 heterocycles. The number of nitrogens with two attached hydrogens (primary N) is 3. The number of nitrogens with one attached hydrogen (secondary N) is 1. The predicted molar refractivity (Wildman–Crippen MR) is 98.1 cm³/mol. The number of methoxy groups -OCH3 is 1. The highest BCUT2D eigenvalue weighted by Gasteiger charge is 2.51. The molecule has 9 nitrogen and oxygen atoms in total. The molecule has 0 aliphatic heterocycles. The Morgan fingerprint density at radius 1 is 1.37 bits per heavy atom. The van der Waals surface area contributed by atoms with E-state index in [1.54, 1.807) is 0 Å². The number of carbonyl (C=O) groups is 3. The van der Waals surface area contributed by atoms with Crippen LogP contribution < -0.4 is 17.2 Å². The van der Waals surface area contributed by atoms with Crippen molar-refractivity contribution in [3.05, 3.63) is 35.4 Å². The highest BCUT2D eigenvalue weighted by Crippen LogP contribution is 2.29. The van der Waals surface area contributed by atoms with Crippen molar-refractivity contribution in [2.24, 2.45) is 17.2 Å². The Hall–Kier alpha value is -3.06. The minimum atomic E-state index is -2.49. The zero-order valence-electron chi connectivity index (χ0n) is 14.8.